The molecule has 0 amide bonds. The molecule has 3 aromatic rings. The highest BCUT2D eigenvalue weighted by Gasteiger charge is 2.26. The first kappa shape index (κ1) is 22.8. The highest BCUT2D eigenvalue weighted by molar-refractivity contribution is 5.79. The second kappa shape index (κ2) is 11.5. The van der Waals surface area contributed by atoms with Crippen LogP contribution in [0.2, 0.25) is 0 Å². The number of imidazole rings is 1. The smallest absolute Gasteiger partial charge is 0.191 e. The number of nitrogens with one attached hydrogen (secondary N) is 2. The number of pyridine rings is 1. The van der Waals surface area contributed by atoms with Crippen molar-refractivity contribution >= 4 is 5.96 Å². The van der Waals surface area contributed by atoms with Crippen LogP contribution in [-0.4, -0.2) is 58.7 Å². The summed E-state index contributed by atoms with van der Waals surface area (Å²) in [6.45, 7) is 6.40. The Bertz CT molecular complexity index is 1030. The summed E-state index contributed by atoms with van der Waals surface area (Å²) in [4.78, 5) is 15.9. The van der Waals surface area contributed by atoms with E-state index in [2.05, 4.69) is 44.6 Å². The Morgan fingerprint density at radius 2 is 2.00 bits per heavy atom. The van der Waals surface area contributed by atoms with Gasteiger partial charge in [-0.3, -0.25) is 9.47 Å². The summed E-state index contributed by atoms with van der Waals surface area (Å²) in [6, 6.07) is 12.6. The normalized spacial score (nSPS) is 15.4. The molecule has 0 aliphatic carbocycles. The minimum atomic E-state index is 0.223. The molecule has 4 rings (SSSR count). The Morgan fingerprint density at radius 3 is 2.76 bits per heavy atom. The van der Waals surface area contributed by atoms with Gasteiger partial charge in [-0.15, -0.1) is 0 Å². The van der Waals surface area contributed by atoms with Crippen LogP contribution in [0.15, 0.2) is 66.3 Å². The number of ether oxygens (including phenoxy) is 1. The lowest BCUT2D eigenvalue weighted by atomic mass is 10.0. The molecule has 0 saturated carbocycles. The predicted octanol–water partition coefficient (Wildman–Crippen LogP) is 3.17. The van der Waals surface area contributed by atoms with Crippen LogP contribution in [-0.2, 0) is 6.54 Å². The molecule has 1 fully saturated rings. The Kier molecular flexibility index (Phi) is 7.92. The highest BCUT2D eigenvalue weighted by Crippen LogP contribution is 2.31. The Balaban J connectivity index is 1.48. The van der Waals surface area contributed by atoms with Gasteiger partial charge in [0.2, 0.25) is 0 Å². The van der Waals surface area contributed by atoms with Crippen LogP contribution in [0.25, 0.3) is 5.82 Å². The number of methoxy groups -OCH3 is 1. The summed E-state index contributed by atoms with van der Waals surface area (Å²) in [5, 5.41) is 6.95. The molecule has 0 spiro atoms. The van der Waals surface area contributed by atoms with Crippen molar-refractivity contribution in [3.05, 3.63) is 72.4 Å². The molecule has 33 heavy (non-hydrogen) atoms. The molecule has 174 valence electrons. The summed E-state index contributed by atoms with van der Waals surface area (Å²) >= 11 is 0. The number of benzene rings is 1. The molecule has 0 bridgehead atoms. The van der Waals surface area contributed by atoms with Gasteiger partial charge < -0.3 is 15.4 Å². The number of likely N-dealkylation sites (tertiary alicyclic amines) is 1. The molecule has 1 aliphatic heterocycles. The van der Waals surface area contributed by atoms with Crippen LogP contribution in [0.5, 0.6) is 5.75 Å². The van der Waals surface area contributed by atoms with Crippen molar-refractivity contribution in [1.29, 1.82) is 0 Å². The van der Waals surface area contributed by atoms with E-state index in [9.17, 15) is 0 Å². The monoisotopic (exact) mass is 447 g/mol. The molecule has 2 N–H and O–H groups in total. The van der Waals surface area contributed by atoms with Crippen LogP contribution in [0.1, 0.15) is 36.9 Å². The summed E-state index contributed by atoms with van der Waals surface area (Å²) in [6.07, 6.45) is 9.67. The molecule has 8 heteroatoms. The number of aliphatic imine (C=N–C) groups is 1. The number of aromatic nitrogens is 3. The second-order valence-electron chi connectivity index (χ2n) is 8.07. The second-order valence-corrected chi connectivity index (χ2v) is 8.07. The maximum Gasteiger partial charge on any atom is 0.191 e. The van der Waals surface area contributed by atoms with E-state index in [1.165, 1.54) is 18.4 Å². The van der Waals surface area contributed by atoms with Crippen molar-refractivity contribution in [3.63, 3.8) is 0 Å². The molecular weight excluding hydrogens is 414 g/mol. The fourth-order valence-corrected chi connectivity index (χ4v) is 4.23. The number of guanidine groups is 1. The zero-order valence-electron chi connectivity index (χ0n) is 19.4. The topological polar surface area (TPSA) is 79.6 Å². The number of rotatable bonds is 9. The quantitative estimate of drug-likeness (QED) is 0.387. The summed E-state index contributed by atoms with van der Waals surface area (Å²) in [7, 11) is 1.74. The predicted molar refractivity (Wildman–Crippen MR) is 131 cm³/mol. The van der Waals surface area contributed by atoms with Gasteiger partial charge in [-0.05, 0) is 56.6 Å². The van der Waals surface area contributed by atoms with E-state index < -0.39 is 0 Å². The molecule has 1 saturated heterocycles. The zero-order valence-corrected chi connectivity index (χ0v) is 19.4. The van der Waals surface area contributed by atoms with Crippen LogP contribution >= 0.6 is 0 Å². The third kappa shape index (κ3) is 5.90. The van der Waals surface area contributed by atoms with Crippen molar-refractivity contribution in [2.45, 2.75) is 32.4 Å². The zero-order chi connectivity index (χ0) is 22.9. The van der Waals surface area contributed by atoms with Gasteiger partial charge in [0.25, 0.3) is 0 Å². The van der Waals surface area contributed by atoms with Gasteiger partial charge >= 0.3 is 0 Å². The van der Waals surface area contributed by atoms with Gasteiger partial charge in [-0.25, -0.2) is 15.0 Å². The maximum absolute atomic E-state index is 5.67. The van der Waals surface area contributed by atoms with Gasteiger partial charge in [0.05, 0.1) is 19.7 Å². The fourth-order valence-electron chi connectivity index (χ4n) is 4.23. The molecule has 1 aromatic carbocycles. The minimum absolute atomic E-state index is 0.223. The van der Waals surface area contributed by atoms with Gasteiger partial charge in [0, 0.05) is 37.2 Å². The molecule has 2 aromatic heterocycles. The van der Waals surface area contributed by atoms with Crippen molar-refractivity contribution in [1.82, 2.24) is 30.1 Å². The van der Waals surface area contributed by atoms with Crippen molar-refractivity contribution in [3.8, 4) is 11.6 Å². The van der Waals surface area contributed by atoms with Crippen molar-refractivity contribution < 1.29 is 4.74 Å². The highest BCUT2D eigenvalue weighted by atomic mass is 16.5. The van der Waals surface area contributed by atoms with Crippen LogP contribution in [0.4, 0.5) is 0 Å². The third-order valence-electron chi connectivity index (χ3n) is 5.89. The average Bonchev–Trinajstić information content (AvgIpc) is 3.58. The van der Waals surface area contributed by atoms with E-state index in [-0.39, 0.29) is 6.04 Å². The molecule has 1 atom stereocenters. The molecule has 1 aliphatic rings. The van der Waals surface area contributed by atoms with E-state index in [0.717, 1.165) is 49.3 Å². The lowest BCUT2D eigenvalue weighted by Crippen LogP contribution is -2.42. The first-order chi connectivity index (χ1) is 16.3. The lowest BCUT2D eigenvalue weighted by molar-refractivity contribution is 0.239. The first-order valence-electron chi connectivity index (χ1n) is 11.6. The molecule has 8 nitrogen and oxygen atoms in total. The summed E-state index contributed by atoms with van der Waals surface area (Å²) in [5.41, 5.74) is 2.30. The van der Waals surface area contributed by atoms with Crippen LogP contribution < -0.4 is 15.4 Å². The van der Waals surface area contributed by atoms with Gasteiger partial charge in [0.15, 0.2) is 5.96 Å². The Hall–Kier alpha value is -3.39. The fraction of sp³-hybridized carbons (Fsp3) is 0.400. The summed E-state index contributed by atoms with van der Waals surface area (Å²) in [5.74, 6) is 2.57. The third-order valence-corrected chi connectivity index (χ3v) is 5.89. The van der Waals surface area contributed by atoms with E-state index in [1.54, 1.807) is 19.6 Å². The van der Waals surface area contributed by atoms with E-state index >= 15 is 0 Å². The van der Waals surface area contributed by atoms with Crippen molar-refractivity contribution in [2.24, 2.45) is 4.99 Å². The van der Waals surface area contributed by atoms with Gasteiger partial charge in [-0.2, -0.15) is 0 Å². The largest absolute Gasteiger partial charge is 0.496 e. The maximum atomic E-state index is 5.67. The SMILES string of the molecule is CCNC(=NCc1ccnc(-n2ccnc2)c1)NCC(c1ccccc1OC)N1CCCC1. The first-order valence-corrected chi connectivity index (χ1v) is 11.6. The van der Waals surface area contributed by atoms with Gasteiger partial charge in [-0.1, -0.05) is 18.2 Å². The number of hydrogen-bond donors (Lipinski definition) is 2. The molecular formula is C25H33N7O. The van der Waals surface area contributed by atoms with E-state index in [1.807, 2.05) is 41.2 Å². The minimum Gasteiger partial charge on any atom is -0.496 e. The Labute approximate surface area is 195 Å². The number of hydrogen-bond acceptors (Lipinski definition) is 5. The van der Waals surface area contributed by atoms with Crippen molar-refractivity contribution in [2.75, 3.05) is 33.3 Å². The molecule has 0 radical (unpaired) electrons. The number of nitrogens with zero attached hydrogens (tertiary/aromatic N) is 5. The number of para-hydroxylation sites is 1. The van der Waals surface area contributed by atoms with Gasteiger partial charge in [0.1, 0.15) is 17.9 Å². The summed E-state index contributed by atoms with van der Waals surface area (Å²) < 4.78 is 7.57. The van der Waals surface area contributed by atoms with E-state index in [0.29, 0.717) is 6.54 Å². The Morgan fingerprint density at radius 1 is 1.15 bits per heavy atom. The van der Waals surface area contributed by atoms with E-state index in [4.69, 9.17) is 9.73 Å². The standard InChI is InChI=1S/C25H33N7O/c1-3-27-25(29-17-20-10-11-28-24(16-20)32-15-12-26-19-32)30-18-22(31-13-6-7-14-31)21-8-4-5-9-23(21)33-2/h4-5,8-12,15-16,19,22H,3,6-7,13-14,17-18H2,1-2H3,(H2,27,29,30). The van der Waals surface area contributed by atoms with Crippen LogP contribution in [0, 0.1) is 0 Å². The molecule has 3 heterocycles. The average molecular weight is 448 g/mol. The lowest BCUT2D eigenvalue weighted by Gasteiger charge is -2.30. The molecule has 1 unspecified atom stereocenters. The van der Waals surface area contributed by atoms with Crippen LogP contribution in [0.3, 0.4) is 0 Å².